The molecule has 3 heteroatoms. The summed E-state index contributed by atoms with van der Waals surface area (Å²) >= 11 is 3.41. The van der Waals surface area contributed by atoms with Crippen LogP contribution in [0, 0.1) is 11.3 Å². The zero-order valence-electron chi connectivity index (χ0n) is 10.1. The van der Waals surface area contributed by atoms with Crippen LogP contribution in [0.25, 0.3) is 0 Å². The standard InChI is InChI=1S/C12H23BrO2/c1-12(2,3)10-6-4-8-14-11(10)15-9-5-7-13/h10-11H,4-9H2,1-3H3. The lowest BCUT2D eigenvalue weighted by Gasteiger charge is -2.39. The van der Waals surface area contributed by atoms with Crippen molar-refractivity contribution in [1.29, 1.82) is 0 Å². The van der Waals surface area contributed by atoms with Crippen LogP contribution in [0.3, 0.4) is 0 Å². The number of halogens is 1. The zero-order chi connectivity index (χ0) is 11.3. The lowest BCUT2D eigenvalue weighted by molar-refractivity contribution is -0.212. The minimum Gasteiger partial charge on any atom is -0.352 e. The van der Waals surface area contributed by atoms with Gasteiger partial charge in [-0.1, -0.05) is 36.7 Å². The van der Waals surface area contributed by atoms with Gasteiger partial charge in [0.1, 0.15) is 0 Å². The molecule has 0 radical (unpaired) electrons. The summed E-state index contributed by atoms with van der Waals surface area (Å²) in [5, 5.41) is 1.000. The molecule has 1 aliphatic rings. The van der Waals surface area contributed by atoms with Crippen molar-refractivity contribution in [1.82, 2.24) is 0 Å². The maximum atomic E-state index is 5.81. The van der Waals surface area contributed by atoms with E-state index in [0.29, 0.717) is 5.92 Å². The molecule has 1 rings (SSSR count). The fourth-order valence-electron chi connectivity index (χ4n) is 2.01. The van der Waals surface area contributed by atoms with Gasteiger partial charge in [-0.3, -0.25) is 0 Å². The predicted octanol–water partition coefficient (Wildman–Crippen LogP) is 3.59. The van der Waals surface area contributed by atoms with Crippen molar-refractivity contribution in [3.63, 3.8) is 0 Å². The first-order valence-corrected chi connectivity index (χ1v) is 6.97. The Kier molecular flexibility index (Phi) is 5.58. The van der Waals surface area contributed by atoms with Crippen molar-refractivity contribution in [3.8, 4) is 0 Å². The summed E-state index contributed by atoms with van der Waals surface area (Å²) in [6.07, 6.45) is 3.46. The van der Waals surface area contributed by atoms with Crippen molar-refractivity contribution in [2.24, 2.45) is 11.3 Å². The molecule has 1 saturated heterocycles. The molecule has 0 aliphatic carbocycles. The molecule has 0 aromatic heterocycles. The molecule has 0 saturated carbocycles. The van der Waals surface area contributed by atoms with Gasteiger partial charge in [0.15, 0.2) is 6.29 Å². The smallest absolute Gasteiger partial charge is 0.160 e. The van der Waals surface area contributed by atoms with Crippen LogP contribution >= 0.6 is 15.9 Å². The van der Waals surface area contributed by atoms with E-state index >= 15 is 0 Å². The largest absolute Gasteiger partial charge is 0.352 e. The Morgan fingerprint density at radius 1 is 1.40 bits per heavy atom. The predicted molar refractivity (Wildman–Crippen MR) is 66.3 cm³/mol. The van der Waals surface area contributed by atoms with Crippen molar-refractivity contribution in [3.05, 3.63) is 0 Å². The summed E-state index contributed by atoms with van der Waals surface area (Å²) in [4.78, 5) is 0. The molecule has 2 atom stereocenters. The maximum Gasteiger partial charge on any atom is 0.160 e. The molecule has 0 bridgehead atoms. The van der Waals surface area contributed by atoms with Crippen LogP contribution < -0.4 is 0 Å². The lowest BCUT2D eigenvalue weighted by Crippen LogP contribution is -2.39. The molecule has 1 heterocycles. The van der Waals surface area contributed by atoms with Gasteiger partial charge in [0.25, 0.3) is 0 Å². The highest BCUT2D eigenvalue weighted by atomic mass is 79.9. The van der Waals surface area contributed by atoms with Crippen LogP contribution in [0.15, 0.2) is 0 Å². The molecule has 0 amide bonds. The van der Waals surface area contributed by atoms with E-state index in [9.17, 15) is 0 Å². The molecular weight excluding hydrogens is 256 g/mol. The fraction of sp³-hybridized carbons (Fsp3) is 1.00. The maximum absolute atomic E-state index is 5.81. The highest BCUT2D eigenvalue weighted by Crippen LogP contribution is 2.36. The summed E-state index contributed by atoms with van der Waals surface area (Å²) < 4.78 is 11.5. The average molecular weight is 279 g/mol. The molecule has 0 spiro atoms. The van der Waals surface area contributed by atoms with Gasteiger partial charge in [-0.2, -0.15) is 0 Å². The highest BCUT2D eigenvalue weighted by Gasteiger charge is 2.35. The third-order valence-electron chi connectivity index (χ3n) is 2.94. The molecule has 1 fully saturated rings. The minimum absolute atomic E-state index is 0.0119. The molecule has 15 heavy (non-hydrogen) atoms. The summed E-state index contributed by atoms with van der Waals surface area (Å²) in [6.45, 7) is 8.46. The van der Waals surface area contributed by atoms with Crippen LogP contribution in [-0.2, 0) is 9.47 Å². The number of rotatable bonds is 4. The van der Waals surface area contributed by atoms with E-state index < -0.39 is 0 Å². The Balaban J connectivity index is 2.43. The summed E-state index contributed by atoms with van der Waals surface area (Å²) in [5.74, 6) is 0.529. The first-order valence-electron chi connectivity index (χ1n) is 5.85. The lowest BCUT2D eigenvalue weighted by atomic mass is 9.77. The number of ether oxygens (including phenoxy) is 2. The van der Waals surface area contributed by atoms with Crippen LogP contribution in [0.1, 0.15) is 40.0 Å². The van der Waals surface area contributed by atoms with Crippen molar-refractivity contribution in [2.45, 2.75) is 46.3 Å². The van der Waals surface area contributed by atoms with E-state index in [4.69, 9.17) is 9.47 Å². The number of alkyl halides is 1. The Morgan fingerprint density at radius 2 is 2.13 bits per heavy atom. The van der Waals surface area contributed by atoms with Crippen molar-refractivity contribution in [2.75, 3.05) is 18.5 Å². The average Bonchev–Trinajstić information content (AvgIpc) is 2.17. The van der Waals surface area contributed by atoms with E-state index in [0.717, 1.165) is 25.0 Å². The van der Waals surface area contributed by atoms with Crippen LogP contribution in [-0.4, -0.2) is 24.8 Å². The first-order chi connectivity index (χ1) is 7.05. The monoisotopic (exact) mass is 278 g/mol. The third-order valence-corrected chi connectivity index (χ3v) is 3.50. The van der Waals surface area contributed by atoms with Gasteiger partial charge in [0, 0.05) is 17.9 Å². The van der Waals surface area contributed by atoms with Gasteiger partial charge in [-0.05, 0) is 24.7 Å². The van der Waals surface area contributed by atoms with Gasteiger partial charge < -0.3 is 9.47 Å². The molecule has 1 aliphatic heterocycles. The van der Waals surface area contributed by atoms with Gasteiger partial charge in [-0.25, -0.2) is 0 Å². The Hall–Kier alpha value is 0.400. The van der Waals surface area contributed by atoms with Crippen molar-refractivity contribution < 1.29 is 9.47 Å². The van der Waals surface area contributed by atoms with Gasteiger partial charge in [0.05, 0.1) is 6.61 Å². The number of hydrogen-bond acceptors (Lipinski definition) is 2. The molecule has 2 nitrogen and oxygen atoms in total. The van der Waals surface area contributed by atoms with E-state index in [1.54, 1.807) is 0 Å². The Bertz CT molecular complexity index is 177. The molecule has 2 unspecified atom stereocenters. The van der Waals surface area contributed by atoms with E-state index in [1.807, 2.05) is 0 Å². The topological polar surface area (TPSA) is 18.5 Å². The second-order valence-electron chi connectivity index (χ2n) is 5.27. The molecule has 0 N–H and O–H groups in total. The molecule has 90 valence electrons. The van der Waals surface area contributed by atoms with E-state index in [1.165, 1.54) is 12.8 Å². The number of hydrogen-bond donors (Lipinski definition) is 0. The SMILES string of the molecule is CC(C)(C)C1CCCOC1OCCCBr. The molecule has 0 aromatic rings. The Labute approximate surface area is 102 Å². The summed E-state index contributed by atoms with van der Waals surface area (Å²) in [5.41, 5.74) is 0.277. The normalized spacial score (nSPS) is 28.0. The second kappa shape index (κ2) is 6.21. The summed E-state index contributed by atoms with van der Waals surface area (Å²) in [7, 11) is 0. The second-order valence-corrected chi connectivity index (χ2v) is 6.06. The van der Waals surface area contributed by atoms with Gasteiger partial charge in [-0.15, -0.1) is 0 Å². The van der Waals surface area contributed by atoms with Crippen LogP contribution in [0.5, 0.6) is 0 Å². The highest BCUT2D eigenvalue weighted by molar-refractivity contribution is 9.09. The van der Waals surface area contributed by atoms with E-state index in [-0.39, 0.29) is 11.7 Å². The fourth-order valence-corrected chi connectivity index (χ4v) is 2.24. The molecule has 0 aromatic carbocycles. The zero-order valence-corrected chi connectivity index (χ0v) is 11.7. The van der Waals surface area contributed by atoms with Gasteiger partial charge in [0.2, 0.25) is 0 Å². The minimum atomic E-state index is 0.0119. The molecular formula is C12H23BrO2. The first kappa shape index (κ1) is 13.5. The Morgan fingerprint density at radius 3 is 2.73 bits per heavy atom. The summed E-state index contributed by atoms with van der Waals surface area (Å²) in [6, 6.07) is 0. The van der Waals surface area contributed by atoms with Crippen LogP contribution in [0.4, 0.5) is 0 Å². The van der Waals surface area contributed by atoms with Crippen LogP contribution in [0.2, 0.25) is 0 Å². The van der Waals surface area contributed by atoms with E-state index in [2.05, 4.69) is 36.7 Å². The third kappa shape index (κ3) is 4.41. The van der Waals surface area contributed by atoms with Crippen molar-refractivity contribution >= 4 is 15.9 Å². The van der Waals surface area contributed by atoms with Gasteiger partial charge >= 0.3 is 0 Å². The quantitative estimate of drug-likeness (QED) is 0.578.